The topological polar surface area (TPSA) is 50.4 Å². The van der Waals surface area contributed by atoms with Crippen LogP contribution in [0.4, 0.5) is 13.2 Å². The number of ether oxygens (including phenoxy) is 1. The number of halogens is 3. The van der Waals surface area contributed by atoms with Gasteiger partial charge in [-0.1, -0.05) is 12.1 Å². The monoisotopic (exact) mass is 302 g/mol. The van der Waals surface area contributed by atoms with Crippen molar-refractivity contribution in [1.29, 1.82) is 0 Å². The van der Waals surface area contributed by atoms with E-state index in [1.54, 1.807) is 0 Å². The third kappa shape index (κ3) is 4.63. The predicted molar refractivity (Wildman–Crippen MR) is 70.5 cm³/mol. The number of amides is 1. The third-order valence-corrected chi connectivity index (χ3v) is 3.49. The number of alkyl halides is 3. The number of hydrogen-bond donors (Lipinski definition) is 2. The van der Waals surface area contributed by atoms with Crippen LogP contribution in [0.5, 0.6) is 5.75 Å². The summed E-state index contributed by atoms with van der Waals surface area (Å²) in [6.07, 6.45) is -3.90. The smallest absolute Gasteiger partial charge is 0.406 e. The molecule has 0 aliphatic carbocycles. The van der Waals surface area contributed by atoms with Gasteiger partial charge in [-0.2, -0.15) is 0 Å². The van der Waals surface area contributed by atoms with Crippen molar-refractivity contribution in [3.8, 4) is 5.75 Å². The summed E-state index contributed by atoms with van der Waals surface area (Å²) in [5.41, 5.74) is 0.719. The van der Waals surface area contributed by atoms with Crippen LogP contribution in [0.1, 0.15) is 18.9 Å². The molecule has 0 bridgehead atoms. The Kier molecular flexibility index (Phi) is 4.72. The highest BCUT2D eigenvalue weighted by Crippen LogP contribution is 2.22. The molecule has 1 aliphatic rings. The Balaban J connectivity index is 1.85. The molecule has 1 amide bonds. The van der Waals surface area contributed by atoms with Crippen LogP contribution >= 0.6 is 0 Å². The molecule has 0 saturated carbocycles. The molecule has 7 heteroatoms. The van der Waals surface area contributed by atoms with Gasteiger partial charge in [-0.15, -0.1) is 13.2 Å². The van der Waals surface area contributed by atoms with Crippen molar-refractivity contribution >= 4 is 5.91 Å². The highest BCUT2D eigenvalue weighted by atomic mass is 19.4. The van der Waals surface area contributed by atoms with Crippen molar-refractivity contribution in [1.82, 2.24) is 10.6 Å². The Morgan fingerprint density at radius 3 is 2.57 bits per heavy atom. The standard InChI is InChI=1S/C14H17F3N2O2/c1-9-12(6-7-18-9)13(20)19-8-10-2-4-11(5-3-10)21-14(15,16)17/h2-5,9,12,18H,6-8H2,1H3,(H,19,20). The molecule has 2 rings (SSSR count). The molecule has 1 fully saturated rings. The van der Waals surface area contributed by atoms with Gasteiger partial charge >= 0.3 is 6.36 Å². The number of carbonyl (C=O) groups excluding carboxylic acids is 1. The van der Waals surface area contributed by atoms with Crippen LogP contribution in [0.3, 0.4) is 0 Å². The van der Waals surface area contributed by atoms with E-state index < -0.39 is 6.36 Å². The van der Waals surface area contributed by atoms with Gasteiger partial charge in [0.15, 0.2) is 0 Å². The van der Waals surface area contributed by atoms with Crippen LogP contribution in [0, 0.1) is 5.92 Å². The summed E-state index contributed by atoms with van der Waals surface area (Å²) in [5.74, 6) is -0.368. The van der Waals surface area contributed by atoms with Gasteiger partial charge in [-0.25, -0.2) is 0 Å². The molecule has 1 aromatic rings. The number of nitrogens with one attached hydrogen (secondary N) is 2. The highest BCUT2D eigenvalue weighted by Gasteiger charge is 2.31. The zero-order valence-electron chi connectivity index (χ0n) is 11.5. The summed E-state index contributed by atoms with van der Waals surface area (Å²) in [6.45, 7) is 3.07. The summed E-state index contributed by atoms with van der Waals surface area (Å²) < 4.78 is 39.8. The van der Waals surface area contributed by atoms with Crippen molar-refractivity contribution in [3.05, 3.63) is 29.8 Å². The second-order valence-electron chi connectivity index (χ2n) is 5.05. The van der Waals surface area contributed by atoms with Crippen molar-refractivity contribution in [2.75, 3.05) is 6.54 Å². The normalized spacial score (nSPS) is 22.1. The second-order valence-corrected chi connectivity index (χ2v) is 5.05. The first-order chi connectivity index (χ1) is 9.85. The zero-order chi connectivity index (χ0) is 15.5. The molecule has 116 valence electrons. The SMILES string of the molecule is CC1NCCC1C(=O)NCc1ccc(OC(F)(F)F)cc1. The maximum absolute atomic E-state index is 12.0. The molecular formula is C14H17F3N2O2. The summed E-state index contributed by atoms with van der Waals surface area (Å²) in [6, 6.07) is 5.60. The Labute approximate surface area is 120 Å². The van der Waals surface area contributed by atoms with E-state index in [9.17, 15) is 18.0 Å². The summed E-state index contributed by atoms with van der Waals surface area (Å²) in [5, 5.41) is 5.99. The summed E-state index contributed by atoms with van der Waals surface area (Å²) >= 11 is 0. The highest BCUT2D eigenvalue weighted by molar-refractivity contribution is 5.79. The van der Waals surface area contributed by atoms with Crippen LogP contribution in [-0.2, 0) is 11.3 Å². The van der Waals surface area contributed by atoms with E-state index in [2.05, 4.69) is 15.4 Å². The van der Waals surface area contributed by atoms with E-state index in [4.69, 9.17) is 0 Å². The van der Waals surface area contributed by atoms with Crippen LogP contribution in [0.25, 0.3) is 0 Å². The molecule has 1 heterocycles. The minimum Gasteiger partial charge on any atom is -0.406 e. The molecule has 2 unspecified atom stereocenters. The molecule has 21 heavy (non-hydrogen) atoms. The average Bonchev–Trinajstić information content (AvgIpc) is 2.82. The minimum atomic E-state index is -4.69. The lowest BCUT2D eigenvalue weighted by molar-refractivity contribution is -0.274. The van der Waals surface area contributed by atoms with Gasteiger partial charge < -0.3 is 15.4 Å². The predicted octanol–water partition coefficient (Wildman–Crippen LogP) is 2.20. The van der Waals surface area contributed by atoms with Gasteiger partial charge in [0, 0.05) is 12.6 Å². The van der Waals surface area contributed by atoms with Crippen LogP contribution in [0.2, 0.25) is 0 Å². The van der Waals surface area contributed by atoms with Crippen molar-refractivity contribution in [2.24, 2.45) is 5.92 Å². The van der Waals surface area contributed by atoms with Crippen LogP contribution < -0.4 is 15.4 Å². The summed E-state index contributed by atoms with van der Waals surface area (Å²) in [4.78, 5) is 12.0. The Bertz CT molecular complexity index is 488. The van der Waals surface area contributed by atoms with E-state index in [-0.39, 0.29) is 30.2 Å². The van der Waals surface area contributed by atoms with E-state index in [1.807, 2.05) is 6.92 Å². The van der Waals surface area contributed by atoms with Gasteiger partial charge in [-0.05, 0) is 37.6 Å². The molecule has 1 aromatic carbocycles. The quantitative estimate of drug-likeness (QED) is 0.896. The number of hydrogen-bond acceptors (Lipinski definition) is 3. The van der Waals surface area contributed by atoms with Crippen LogP contribution in [-0.4, -0.2) is 24.9 Å². The molecular weight excluding hydrogens is 285 g/mol. The average molecular weight is 302 g/mol. The zero-order valence-corrected chi connectivity index (χ0v) is 11.5. The fourth-order valence-corrected chi connectivity index (χ4v) is 2.35. The van der Waals surface area contributed by atoms with Crippen LogP contribution in [0.15, 0.2) is 24.3 Å². The van der Waals surface area contributed by atoms with Crippen molar-refractivity contribution < 1.29 is 22.7 Å². The Hall–Kier alpha value is -1.76. The first kappa shape index (κ1) is 15.6. The molecule has 0 aromatic heterocycles. The fourth-order valence-electron chi connectivity index (χ4n) is 2.35. The molecule has 1 aliphatic heterocycles. The van der Waals surface area contributed by atoms with E-state index in [0.717, 1.165) is 18.5 Å². The second kappa shape index (κ2) is 6.34. The maximum Gasteiger partial charge on any atom is 0.573 e. The van der Waals surface area contributed by atoms with Gasteiger partial charge in [-0.3, -0.25) is 4.79 Å². The Morgan fingerprint density at radius 1 is 1.38 bits per heavy atom. The Morgan fingerprint density at radius 2 is 2.05 bits per heavy atom. The molecule has 0 spiro atoms. The van der Waals surface area contributed by atoms with Crippen molar-refractivity contribution in [3.63, 3.8) is 0 Å². The van der Waals surface area contributed by atoms with Gasteiger partial charge in [0.1, 0.15) is 5.75 Å². The lowest BCUT2D eigenvalue weighted by Gasteiger charge is -2.15. The van der Waals surface area contributed by atoms with Crippen molar-refractivity contribution in [2.45, 2.75) is 32.3 Å². The van der Waals surface area contributed by atoms with E-state index in [0.29, 0.717) is 0 Å². The first-order valence-corrected chi connectivity index (χ1v) is 6.71. The summed E-state index contributed by atoms with van der Waals surface area (Å²) in [7, 11) is 0. The number of carbonyl (C=O) groups is 1. The van der Waals surface area contributed by atoms with Gasteiger partial charge in [0.25, 0.3) is 0 Å². The first-order valence-electron chi connectivity index (χ1n) is 6.71. The number of benzene rings is 1. The third-order valence-electron chi connectivity index (χ3n) is 3.49. The lowest BCUT2D eigenvalue weighted by atomic mass is 10.0. The molecule has 2 N–H and O–H groups in total. The lowest BCUT2D eigenvalue weighted by Crippen LogP contribution is -2.36. The minimum absolute atomic E-state index is 0.0388. The molecule has 0 radical (unpaired) electrons. The number of rotatable bonds is 4. The molecule has 4 nitrogen and oxygen atoms in total. The fraction of sp³-hybridized carbons (Fsp3) is 0.500. The van der Waals surface area contributed by atoms with E-state index in [1.165, 1.54) is 24.3 Å². The van der Waals surface area contributed by atoms with Gasteiger partial charge in [0.05, 0.1) is 5.92 Å². The van der Waals surface area contributed by atoms with Gasteiger partial charge in [0.2, 0.25) is 5.91 Å². The largest absolute Gasteiger partial charge is 0.573 e. The van der Waals surface area contributed by atoms with E-state index >= 15 is 0 Å². The maximum atomic E-state index is 12.0. The molecule has 1 saturated heterocycles. The molecule has 2 atom stereocenters.